The Kier molecular flexibility index (Phi) is 17.4. The third-order valence-corrected chi connectivity index (χ3v) is 12.1. The molecule has 0 amide bonds. The third kappa shape index (κ3) is 15.0. The van der Waals surface area contributed by atoms with Crippen molar-refractivity contribution < 1.29 is 40.5 Å². The highest BCUT2D eigenvalue weighted by atomic mass is 35.5. The highest BCUT2D eigenvalue weighted by Crippen LogP contribution is 2.38. The van der Waals surface area contributed by atoms with Crippen molar-refractivity contribution in [3.63, 3.8) is 0 Å². The van der Waals surface area contributed by atoms with Gasteiger partial charge in [0, 0.05) is 41.1 Å². The van der Waals surface area contributed by atoms with E-state index in [0.717, 1.165) is 24.5 Å². The van der Waals surface area contributed by atoms with E-state index in [1.54, 1.807) is 44.2 Å². The van der Waals surface area contributed by atoms with E-state index < -0.39 is 36.4 Å². The summed E-state index contributed by atoms with van der Waals surface area (Å²) in [5, 5.41) is 30.9. The van der Waals surface area contributed by atoms with E-state index in [4.69, 9.17) is 60.9 Å². The predicted octanol–water partition coefficient (Wildman–Crippen LogP) is 11.1. The first-order chi connectivity index (χ1) is 30.1. The minimum absolute atomic E-state index is 0.0172. The number of nitrogens with zero attached hydrogens (tertiary/aromatic N) is 7. The lowest BCUT2D eigenvalue weighted by atomic mass is 10.1. The molecule has 0 unspecified atom stereocenters. The van der Waals surface area contributed by atoms with E-state index in [-0.39, 0.29) is 71.4 Å². The van der Waals surface area contributed by atoms with Gasteiger partial charge in [-0.15, -0.1) is 10.2 Å². The van der Waals surface area contributed by atoms with Gasteiger partial charge in [-0.3, -0.25) is 9.11 Å². The number of hydrogen-bond acceptors (Lipinski definition) is 15. The second-order valence-corrected chi connectivity index (χ2v) is 19.5. The van der Waals surface area contributed by atoms with Gasteiger partial charge in [0.05, 0.1) is 57.6 Å². The summed E-state index contributed by atoms with van der Waals surface area (Å²) >= 11 is 25.6. The maximum Gasteiger partial charge on any atom is 0.296 e. The number of aromatic nitrogens is 3. The largest absolute Gasteiger partial charge is 0.493 e. The van der Waals surface area contributed by atoms with Crippen LogP contribution in [0.2, 0.25) is 20.1 Å². The lowest BCUT2D eigenvalue weighted by Crippen LogP contribution is -2.36. The summed E-state index contributed by atoms with van der Waals surface area (Å²) in [5.74, 6) is 0.756. The molecule has 4 aromatic carbocycles. The molecule has 23 heteroatoms. The number of aliphatic hydroxyl groups excluding tert-OH is 1. The van der Waals surface area contributed by atoms with E-state index in [2.05, 4.69) is 35.7 Å². The molecule has 1 aromatic heterocycles. The second kappa shape index (κ2) is 22.1. The summed E-state index contributed by atoms with van der Waals surface area (Å²) in [4.78, 5) is 13.5. The summed E-state index contributed by atoms with van der Waals surface area (Å²) < 4.78 is 77.5. The van der Waals surface area contributed by atoms with Crippen molar-refractivity contribution in [3.05, 3.63) is 109 Å². The molecule has 342 valence electrons. The van der Waals surface area contributed by atoms with E-state index in [1.807, 2.05) is 13.8 Å². The Morgan fingerprint density at radius 2 is 1.20 bits per heavy atom. The summed E-state index contributed by atoms with van der Waals surface area (Å²) in [6, 6.07) is 15.2. The van der Waals surface area contributed by atoms with Crippen LogP contribution in [0.4, 0.5) is 28.7 Å². The molecule has 64 heavy (non-hydrogen) atoms. The molecule has 1 heterocycles. The number of aryl methyl sites for hydroxylation is 1. The topological polar surface area (TPSA) is 248 Å². The van der Waals surface area contributed by atoms with Crippen molar-refractivity contribution in [1.29, 1.82) is 0 Å². The van der Waals surface area contributed by atoms with E-state index in [9.17, 15) is 31.0 Å². The van der Waals surface area contributed by atoms with Gasteiger partial charge in [0.2, 0.25) is 5.95 Å². The predicted molar refractivity (Wildman–Crippen MR) is 246 cm³/mol. The first-order valence-corrected chi connectivity index (χ1v) is 24.0. The van der Waals surface area contributed by atoms with Crippen LogP contribution in [0.25, 0.3) is 0 Å². The third-order valence-electron chi connectivity index (χ3n) is 8.97. The average Bonchev–Trinajstić information content (AvgIpc) is 3.20. The van der Waals surface area contributed by atoms with Gasteiger partial charge in [-0.25, -0.2) is 4.98 Å². The Hall–Kier alpha value is -4.57. The fourth-order valence-electron chi connectivity index (χ4n) is 5.65. The van der Waals surface area contributed by atoms with Crippen LogP contribution < -0.4 is 14.8 Å². The van der Waals surface area contributed by atoms with Crippen molar-refractivity contribution in [2.24, 2.45) is 20.5 Å². The fraction of sp³-hybridized carbons (Fsp3) is 0.341. The number of hydrogen-bond donors (Lipinski definition) is 4. The average molecular weight is 999 g/mol. The quantitative estimate of drug-likeness (QED) is 0.0304. The Morgan fingerprint density at radius 1 is 0.688 bits per heavy atom. The summed E-state index contributed by atoms with van der Waals surface area (Å²) in [6.07, 6.45) is 1.68. The summed E-state index contributed by atoms with van der Waals surface area (Å²) in [7, 11) is -8.95. The van der Waals surface area contributed by atoms with E-state index >= 15 is 0 Å². The highest BCUT2D eigenvalue weighted by Gasteiger charge is 2.22. The standard InChI is InChI=1S/C41H44Cl4N8O9S2/c1-5-6-12-61-35-21-33(52-50-27-8-10-29(42)24(2)15-27)31(44)16-25(35)18-38-46-39(48-40(47-38)49-41(3,4)23-54)19-26-17-32(45)34(22-36(26)62-13-7-14-63(55,56)57)53-51-28-9-11-30(43)37(20-28)64(58,59)60/h8-11,15-17,20-22,54H,5-7,12-14,18-19,23H2,1-4H3,(H,55,56,57)(H,58,59,60)(H,46,47,48,49). The molecule has 0 bridgehead atoms. The maximum atomic E-state index is 11.8. The van der Waals surface area contributed by atoms with Crippen LogP contribution in [-0.2, 0) is 33.1 Å². The SMILES string of the molecule is CCCCOc1cc(N=Nc2ccc(Cl)c(C)c2)c(Cl)cc1Cc1nc(Cc2cc(Cl)c(N=Nc3ccc(Cl)c(S(=O)(=O)O)c3)cc2OCCCS(=O)(=O)O)nc(NC(C)(C)CO)n1. The molecule has 0 aliphatic heterocycles. The Balaban J connectivity index is 1.54. The lowest BCUT2D eigenvalue weighted by Gasteiger charge is -2.24. The fourth-order valence-corrected chi connectivity index (χ4v) is 7.69. The Bertz CT molecular complexity index is 2780. The minimum Gasteiger partial charge on any atom is -0.493 e. The van der Waals surface area contributed by atoms with E-state index in [1.165, 1.54) is 24.3 Å². The van der Waals surface area contributed by atoms with Crippen LogP contribution in [0.5, 0.6) is 11.5 Å². The Morgan fingerprint density at radius 3 is 1.69 bits per heavy atom. The Labute approximate surface area is 390 Å². The molecule has 0 saturated carbocycles. The van der Waals surface area contributed by atoms with E-state index in [0.29, 0.717) is 50.7 Å². The second-order valence-electron chi connectivity index (χ2n) is 14.9. The van der Waals surface area contributed by atoms with Crippen molar-refractivity contribution in [1.82, 2.24) is 15.0 Å². The van der Waals surface area contributed by atoms with Gasteiger partial charge in [0.1, 0.15) is 39.4 Å². The van der Waals surface area contributed by atoms with Crippen molar-refractivity contribution in [3.8, 4) is 11.5 Å². The zero-order valence-corrected chi connectivity index (χ0v) is 39.5. The van der Waals surface area contributed by atoms with Gasteiger partial charge in [0.25, 0.3) is 20.2 Å². The van der Waals surface area contributed by atoms with Gasteiger partial charge < -0.3 is 19.9 Å². The monoisotopic (exact) mass is 996 g/mol. The van der Waals surface area contributed by atoms with Gasteiger partial charge in [0.15, 0.2) is 0 Å². The molecule has 17 nitrogen and oxygen atoms in total. The molecular formula is C41H44Cl4N8O9S2. The van der Waals surface area contributed by atoms with Crippen LogP contribution in [0.15, 0.2) is 86.0 Å². The molecule has 0 radical (unpaired) electrons. The molecule has 0 saturated heterocycles. The molecular weight excluding hydrogens is 954 g/mol. The number of rotatable bonds is 21. The summed E-state index contributed by atoms with van der Waals surface area (Å²) in [6.45, 7) is 7.41. The highest BCUT2D eigenvalue weighted by molar-refractivity contribution is 7.86. The number of azo groups is 2. The first-order valence-electron chi connectivity index (χ1n) is 19.5. The molecule has 0 fully saturated rings. The molecule has 5 aromatic rings. The van der Waals surface area contributed by atoms with Crippen LogP contribution in [0, 0.1) is 6.92 Å². The molecule has 4 N–H and O–H groups in total. The van der Waals surface area contributed by atoms with Crippen molar-refractivity contribution in [2.45, 2.75) is 70.2 Å². The van der Waals surface area contributed by atoms with Gasteiger partial charge >= 0.3 is 0 Å². The van der Waals surface area contributed by atoms with Crippen LogP contribution >= 0.6 is 46.4 Å². The number of halogens is 4. The molecule has 0 aliphatic rings. The molecule has 0 aliphatic carbocycles. The van der Waals surface area contributed by atoms with Crippen molar-refractivity contribution >= 4 is 95.3 Å². The number of benzene rings is 4. The molecule has 5 rings (SSSR count). The molecule has 0 spiro atoms. The maximum absolute atomic E-state index is 11.8. The number of anilines is 1. The van der Waals surface area contributed by atoms with Crippen molar-refractivity contribution in [2.75, 3.05) is 30.9 Å². The normalized spacial score (nSPS) is 12.4. The smallest absolute Gasteiger partial charge is 0.296 e. The number of ether oxygens (including phenoxy) is 2. The zero-order valence-electron chi connectivity index (χ0n) is 34.9. The lowest BCUT2D eigenvalue weighted by molar-refractivity contribution is 0.233. The van der Waals surface area contributed by atoms with Gasteiger partial charge in [-0.05, 0) is 87.7 Å². The number of unbranched alkanes of at least 4 members (excludes halogenated alkanes) is 1. The molecule has 0 atom stereocenters. The van der Waals surface area contributed by atoms with Gasteiger partial charge in [-0.1, -0.05) is 59.7 Å². The van der Waals surface area contributed by atoms with Crippen LogP contribution in [-0.4, -0.2) is 77.1 Å². The van der Waals surface area contributed by atoms with Gasteiger partial charge in [-0.2, -0.15) is 37.0 Å². The zero-order chi connectivity index (χ0) is 46.8. The summed E-state index contributed by atoms with van der Waals surface area (Å²) in [5.41, 5.74) is 2.09. The minimum atomic E-state index is -4.67. The number of aliphatic hydroxyl groups is 1. The van der Waals surface area contributed by atoms with Crippen LogP contribution in [0.1, 0.15) is 68.4 Å². The first kappa shape index (κ1) is 50.4. The van der Waals surface area contributed by atoms with Crippen LogP contribution in [0.3, 0.4) is 0 Å². The number of nitrogens with one attached hydrogen (secondary N) is 1.